The van der Waals surface area contributed by atoms with Crippen LogP contribution in [0.2, 0.25) is 0 Å². The smallest absolute Gasteiger partial charge is 0.264 e. The molecule has 0 heterocycles. The SMILES string of the molecule is CC[C@H](C)NC(=O)[C@@H](Cc1ccccc1)N(Cc1cccc(Br)c1)C(=O)CN(c1ccc(C)cc1)S(=O)(=O)c1ccc(F)cc1. The third-order valence-corrected chi connectivity index (χ3v) is 9.80. The lowest BCUT2D eigenvalue weighted by atomic mass is 10.0. The number of benzene rings is 4. The van der Waals surface area contributed by atoms with Gasteiger partial charge in [0.05, 0.1) is 10.6 Å². The van der Waals surface area contributed by atoms with Gasteiger partial charge in [0.15, 0.2) is 0 Å². The monoisotopic (exact) mass is 693 g/mol. The van der Waals surface area contributed by atoms with Crippen molar-refractivity contribution in [1.82, 2.24) is 10.2 Å². The zero-order valence-corrected chi connectivity index (χ0v) is 27.9. The van der Waals surface area contributed by atoms with Crippen LogP contribution in [-0.2, 0) is 32.6 Å². The second kappa shape index (κ2) is 15.3. The highest BCUT2D eigenvalue weighted by Gasteiger charge is 2.35. The number of hydrogen-bond acceptors (Lipinski definition) is 4. The fraction of sp³-hybridized carbons (Fsp3) is 0.257. The molecular weight excluding hydrogens is 657 g/mol. The van der Waals surface area contributed by atoms with E-state index in [-0.39, 0.29) is 35.5 Å². The van der Waals surface area contributed by atoms with Gasteiger partial charge in [-0.1, -0.05) is 83.0 Å². The largest absolute Gasteiger partial charge is 0.352 e. The second-order valence-corrected chi connectivity index (χ2v) is 13.8. The maximum absolute atomic E-state index is 14.5. The Morgan fingerprint density at radius 3 is 2.16 bits per heavy atom. The lowest BCUT2D eigenvalue weighted by molar-refractivity contribution is -0.140. The number of nitrogens with zero attached hydrogens (tertiary/aromatic N) is 2. The first-order valence-electron chi connectivity index (χ1n) is 14.7. The fourth-order valence-corrected chi connectivity index (χ4v) is 6.66. The van der Waals surface area contributed by atoms with Crippen LogP contribution < -0.4 is 9.62 Å². The molecule has 4 aromatic rings. The average Bonchev–Trinajstić information content (AvgIpc) is 3.02. The van der Waals surface area contributed by atoms with Gasteiger partial charge in [0.25, 0.3) is 10.0 Å². The van der Waals surface area contributed by atoms with E-state index in [0.29, 0.717) is 6.42 Å². The zero-order chi connectivity index (χ0) is 32.6. The van der Waals surface area contributed by atoms with Crippen molar-refractivity contribution in [2.75, 3.05) is 10.8 Å². The van der Waals surface area contributed by atoms with Crippen molar-refractivity contribution in [3.8, 4) is 0 Å². The Morgan fingerprint density at radius 1 is 0.889 bits per heavy atom. The van der Waals surface area contributed by atoms with Gasteiger partial charge in [0.2, 0.25) is 11.8 Å². The molecule has 0 radical (unpaired) electrons. The Hall–Kier alpha value is -4.02. The van der Waals surface area contributed by atoms with Crippen molar-refractivity contribution >= 4 is 43.5 Å². The van der Waals surface area contributed by atoms with Crippen molar-refractivity contribution in [3.63, 3.8) is 0 Å². The van der Waals surface area contributed by atoms with Crippen LogP contribution in [0.25, 0.3) is 0 Å². The van der Waals surface area contributed by atoms with E-state index >= 15 is 0 Å². The molecule has 0 aliphatic carbocycles. The molecule has 0 aliphatic heterocycles. The molecule has 0 fully saturated rings. The number of amides is 2. The molecule has 0 bridgehead atoms. The second-order valence-electron chi connectivity index (χ2n) is 11.0. The summed E-state index contributed by atoms with van der Waals surface area (Å²) in [5, 5.41) is 3.03. The molecule has 0 unspecified atom stereocenters. The van der Waals surface area contributed by atoms with E-state index in [1.807, 2.05) is 75.4 Å². The summed E-state index contributed by atoms with van der Waals surface area (Å²) < 4.78 is 43.6. The van der Waals surface area contributed by atoms with E-state index in [1.54, 1.807) is 24.3 Å². The number of sulfonamides is 1. The van der Waals surface area contributed by atoms with Crippen molar-refractivity contribution < 1.29 is 22.4 Å². The summed E-state index contributed by atoms with van der Waals surface area (Å²) in [5.74, 6) is -1.48. The number of halogens is 2. The Bertz CT molecular complexity index is 1700. The van der Waals surface area contributed by atoms with Gasteiger partial charge in [-0.15, -0.1) is 0 Å². The van der Waals surface area contributed by atoms with Crippen LogP contribution in [0.1, 0.15) is 37.0 Å². The van der Waals surface area contributed by atoms with E-state index < -0.39 is 34.3 Å². The third-order valence-electron chi connectivity index (χ3n) is 7.52. The molecule has 0 saturated carbocycles. The van der Waals surface area contributed by atoms with Gasteiger partial charge < -0.3 is 10.2 Å². The van der Waals surface area contributed by atoms with Gasteiger partial charge >= 0.3 is 0 Å². The number of nitrogens with one attached hydrogen (secondary N) is 1. The molecular formula is C35H37BrFN3O4S. The predicted molar refractivity (Wildman–Crippen MR) is 179 cm³/mol. The molecule has 4 rings (SSSR count). The molecule has 236 valence electrons. The molecule has 1 N–H and O–H groups in total. The normalized spacial score (nSPS) is 12.6. The third kappa shape index (κ3) is 9.02. The van der Waals surface area contributed by atoms with E-state index in [1.165, 1.54) is 17.0 Å². The summed E-state index contributed by atoms with van der Waals surface area (Å²) in [6.07, 6.45) is 0.915. The minimum atomic E-state index is -4.31. The molecule has 0 aromatic heterocycles. The van der Waals surface area contributed by atoms with Gasteiger partial charge in [0.1, 0.15) is 18.4 Å². The van der Waals surface area contributed by atoms with Crippen LogP contribution in [0.3, 0.4) is 0 Å². The van der Waals surface area contributed by atoms with Crippen LogP contribution in [0.15, 0.2) is 112 Å². The molecule has 2 amide bonds. The van der Waals surface area contributed by atoms with E-state index in [0.717, 1.165) is 37.6 Å². The van der Waals surface area contributed by atoms with E-state index in [2.05, 4.69) is 21.2 Å². The zero-order valence-electron chi connectivity index (χ0n) is 25.5. The van der Waals surface area contributed by atoms with Gasteiger partial charge in [-0.05, 0) is 79.9 Å². The number of rotatable bonds is 13. The molecule has 10 heteroatoms. The number of hydrogen-bond donors (Lipinski definition) is 1. The summed E-state index contributed by atoms with van der Waals surface area (Å²) in [6.45, 7) is 5.20. The van der Waals surface area contributed by atoms with E-state index in [9.17, 15) is 22.4 Å². The number of carbonyl (C=O) groups excluding carboxylic acids is 2. The van der Waals surface area contributed by atoms with Gasteiger partial charge in [-0.3, -0.25) is 13.9 Å². The Balaban J connectivity index is 1.80. The van der Waals surface area contributed by atoms with Gasteiger partial charge in [-0.2, -0.15) is 0 Å². The van der Waals surface area contributed by atoms with Crippen LogP contribution in [0, 0.1) is 12.7 Å². The van der Waals surface area contributed by atoms with Gasteiger partial charge in [0, 0.05) is 23.5 Å². The standard InChI is InChI=1S/C35H37BrFN3O4S/c1-4-26(3)38-35(42)33(22-27-9-6-5-7-10-27)39(23-28-11-8-12-29(36)21-28)34(41)24-40(31-17-13-25(2)14-18-31)45(43,44)32-19-15-30(37)16-20-32/h5-21,26,33H,4,22-24H2,1-3H3,(H,38,42)/t26-,33+/m0/s1. The summed E-state index contributed by atoms with van der Waals surface area (Å²) in [6, 6.07) is 27.0. The van der Waals surface area contributed by atoms with Crippen LogP contribution >= 0.6 is 15.9 Å². The molecule has 7 nitrogen and oxygen atoms in total. The molecule has 2 atom stereocenters. The highest BCUT2D eigenvalue weighted by molar-refractivity contribution is 9.10. The van der Waals surface area contributed by atoms with Crippen LogP contribution in [0.4, 0.5) is 10.1 Å². The average molecular weight is 695 g/mol. The number of aryl methyl sites for hydroxylation is 1. The minimum Gasteiger partial charge on any atom is -0.352 e. The quantitative estimate of drug-likeness (QED) is 0.170. The predicted octanol–water partition coefficient (Wildman–Crippen LogP) is 6.65. The minimum absolute atomic E-state index is 0.0576. The maximum Gasteiger partial charge on any atom is 0.264 e. The lowest BCUT2D eigenvalue weighted by Gasteiger charge is -2.34. The van der Waals surface area contributed by atoms with Crippen LogP contribution in [0.5, 0.6) is 0 Å². The maximum atomic E-state index is 14.5. The summed E-state index contributed by atoms with van der Waals surface area (Å²) in [5.41, 5.74) is 2.79. The lowest BCUT2D eigenvalue weighted by Crippen LogP contribution is -2.54. The Morgan fingerprint density at radius 2 is 1.53 bits per heavy atom. The van der Waals surface area contributed by atoms with Crippen LogP contribution in [-0.4, -0.2) is 43.8 Å². The highest BCUT2D eigenvalue weighted by Crippen LogP contribution is 2.26. The first-order chi connectivity index (χ1) is 21.5. The molecule has 0 aliphatic rings. The highest BCUT2D eigenvalue weighted by atomic mass is 79.9. The van der Waals surface area contributed by atoms with Gasteiger partial charge in [-0.25, -0.2) is 12.8 Å². The molecule has 0 spiro atoms. The summed E-state index contributed by atoms with van der Waals surface area (Å²) in [7, 11) is -4.31. The van der Waals surface area contributed by atoms with Crippen molar-refractivity contribution in [3.05, 3.63) is 130 Å². The number of carbonyl (C=O) groups is 2. The van der Waals surface area contributed by atoms with Crippen molar-refractivity contribution in [2.45, 2.75) is 57.1 Å². The van der Waals surface area contributed by atoms with Crippen molar-refractivity contribution in [2.24, 2.45) is 0 Å². The molecule has 45 heavy (non-hydrogen) atoms. The Kier molecular flexibility index (Phi) is 11.5. The molecule has 0 saturated heterocycles. The van der Waals surface area contributed by atoms with E-state index in [4.69, 9.17) is 0 Å². The fourth-order valence-electron chi connectivity index (χ4n) is 4.80. The Labute approximate surface area is 273 Å². The summed E-state index contributed by atoms with van der Waals surface area (Å²) in [4.78, 5) is 29.6. The molecule has 4 aromatic carbocycles. The first kappa shape index (κ1) is 33.9. The first-order valence-corrected chi connectivity index (χ1v) is 16.9. The van der Waals surface area contributed by atoms with Crippen molar-refractivity contribution in [1.29, 1.82) is 0 Å². The topological polar surface area (TPSA) is 86.8 Å². The number of anilines is 1. The summed E-state index contributed by atoms with van der Waals surface area (Å²) >= 11 is 3.49.